The lowest BCUT2D eigenvalue weighted by atomic mass is 9.78. The van der Waals surface area contributed by atoms with Gasteiger partial charge in [-0.15, -0.1) is 0 Å². The van der Waals surface area contributed by atoms with Crippen molar-refractivity contribution in [3.05, 3.63) is 0 Å². The van der Waals surface area contributed by atoms with Crippen LogP contribution in [0.25, 0.3) is 0 Å². The molecule has 8 rings (SSSR count). The third-order valence-electron chi connectivity index (χ3n) is 20.5. The van der Waals surface area contributed by atoms with Crippen molar-refractivity contribution in [3.63, 3.8) is 0 Å². The Kier molecular flexibility index (Phi) is 34.2. The summed E-state index contributed by atoms with van der Waals surface area (Å²) in [4.78, 5) is 18.1. The topological polar surface area (TPSA) is 22.7 Å². The third-order valence-corrected chi connectivity index (χ3v) is 20.5. The molecule has 1 saturated carbocycles. The summed E-state index contributed by atoms with van der Waals surface area (Å²) in [5.41, 5.74) is 2.10. The predicted octanol–water partition coefficient (Wildman–Crippen LogP) is 16.7. The second-order valence-corrected chi connectivity index (χ2v) is 29.6. The van der Waals surface area contributed by atoms with Gasteiger partial charge in [-0.3, -0.25) is 4.90 Å². The smallest absolute Gasteiger partial charge is 0.00696 e. The highest BCUT2D eigenvalue weighted by atomic mass is 15.2. The number of likely N-dealkylation sites (tertiary alicyclic amines) is 7. The van der Waals surface area contributed by atoms with Gasteiger partial charge >= 0.3 is 0 Å². The lowest BCUT2D eigenvalue weighted by Crippen LogP contribution is -2.41. The molecule has 0 amide bonds. The largest absolute Gasteiger partial charge is 0.301 e. The van der Waals surface area contributed by atoms with E-state index in [4.69, 9.17) is 0 Å². The summed E-state index contributed by atoms with van der Waals surface area (Å²) in [5, 5.41) is 0. The van der Waals surface area contributed by atoms with E-state index < -0.39 is 0 Å². The SMILES string of the molecule is CC(C)C1CCN(C(C)C)CC1.CC(C)N1CCC(C)(C)CC1.CC(C)N1CCC2(CC1)CC2.CC(C)N1CCCCC1.CC(C)N1CCCCC1C.CC1CCN(C(C)C)CC1.CCC1(C)CCN(C(C)C)CC1. The molecule has 1 atom stereocenters. The molecule has 0 bridgehead atoms. The molecule has 1 spiro atoms. The summed E-state index contributed by atoms with van der Waals surface area (Å²) >= 11 is 0. The molecule has 7 nitrogen and oxygen atoms in total. The fraction of sp³-hybridized carbons (Fsp3) is 1.00. The zero-order valence-electron chi connectivity index (χ0n) is 55.6. The van der Waals surface area contributed by atoms with Gasteiger partial charge in [-0.25, -0.2) is 0 Å². The van der Waals surface area contributed by atoms with E-state index in [1.165, 1.54) is 207 Å². The van der Waals surface area contributed by atoms with Crippen LogP contribution in [0.4, 0.5) is 0 Å². The molecule has 0 N–H and O–H groups in total. The van der Waals surface area contributed by atoms with Crippen LogP contribution >= 0.6 is 0 Å². The Morgan fingerprint density at radius 2 is 0.693 bits per heavy atom. The maximum Gasteiger partial charge on any atom is 0.00696 e. The zero-order chi connectivity index (χ0) is 56.5. The van der Waals surface area contributed by atoms with Crippen LogP contribution in [0.15, 0.2) is 0 Å². The number of hydrogen-bond donors (Lipinski definition) is 0. The van der Waals surface area contributed by atoms with Crippen molar-refractivity contribution in [1.29, 1.82) is 0 Å². The minimum Gasteiger partial charge on any atom is -0.301 e. The first-order chi connectivity index (χ1) is 35.1. The van der Waals surface area contributed by atoms with Gasteiger partial charge in [-0.05, 0) is 326 Å². The molecule has 0 radical (unpaired) electrons. The Labute approximate surface area is 473 Å². The molecule has 8 fully saturated rings. The molecular weight excluding hydrogens is 915 g/mol. The first kappa shape index (κ1) is 70.8. The average molecular weight is 1060 g/mol. The van der Waals surface area contributed by atoms with Gasteiger partial charge in [0.2, 0.25) is 0 Å². The van der Waals surface area contributed by atoms with Crippen LogP contribution in [0.3, 0.4) is 0 Å². The van der Waals surface area contributed by atoms with Crippen LogP contribution in [-0.4, -0.2) is 168 Å². The summed E-state index contributed by atoms with van der Waals surface area (Å²) in [6.45, 7) is 68.3. The quantitative estimate of drug-likeness (QED) is 0.227. The highest BCUT2D eigenvalue weighted by Crippen LogP contribution is 2.53. The van der Waals surface area contributed by atoms with Crippen molar-refractivity contribution >= 4 is 0 Å². The Balaban J connectivity index is 0.000000300. The second-order valence-electron chi connectivity index (χ2n) is 29.6. The molecule has 7 heteroatoms. The summed E-state index contributed by atoms with van der Waals surface area (Å²) in [6.07, 6.45) is 27.0. The second kappa shape index (κ2) is 36.2. The van der Waals surface area contributed by atoms with Crippen LogP contribution in [0.1, 0.15) is 274 Å². The normalized spacial score (nSPS) is 25.6. The van der Waals surface area contributed by atoms with Crippen LogP contribution < -0.4 is 0 Å². The minimum atomic E-state index is 0.603. The standard InChI is InChI=1S/2C11H23N.C10H19N.C10H21N.2C9H19N.C8H17N/c1-9(2)11-5-7-12(8-6-11)10(3)4;1-5-11(4)6-8-12(9-7-11)10(2)3;1-9(2)11-7-5-10(3-4-10)6-8-11;1-9(2)11-7-5-10(3,4)6-8-11;1-8(2)10-6-4-9(3)5-7-10;1-8(2)10-7-5-4-6-9(10)3;1-8(2)9-6-4-3-5-7-9/h9-11H,5-8H2,1-4H3;10H,5-9H2,1-4H3;9H,3-8H2,1-2H3;9H,5-8H2,1-4H3;2*8-9H,4-7H2,1-3H3;8H,3-7H2,1-2H3. The van der Waals surface area contributed by atoms with E-state index in [1.807, 2.05) is 0 Å². The van der Waals surface area contributed by atoms with E-state index in [0.29, 0.717) is 10.8 Å². The van der Waals surface area contributed by atoms with Gasteiger partial charge in [-0.1, -0.05) is 67.7 Å². The van der Waals surface area contributed by atoms with Crippen molar-refractivity contribution in [2.24, 2.45) is 34.0 Å². The van der Waals surface area contributed by atoms with E-state index >= 15 is 0 Å². The van der Waals surface area contributed by atoms with Crippen LogP contribution in [0, 0.1) is 34.0 Å². The van der Waals surface area contributed by atoms with Crippen molar-refractivity contribution in [2.45, 2.75) is 323 Å². The van der Waals surface area contributed by atoms with Crippen molar-refractivity contribution in [2.75, 3.05) is 85.1 Å². The van der Waals surface area contributed by atoms with E-state index in [-0.39, 0.29) is 0 Å². The highest BCUT2D eigenvalue weighted by Gasteiger charge is 2.44. The van der Waals surface area contributed by atoms with Gasteiger partial charge < -0.3 is 29.4 Å². The molecule has 448 valence electrons. The number of piperidine rings is 7. The number of rotatable bonds is 9. The van der Waals surface area contributed by atoms with E-state index in [9.17, 15) is 0 Å². The van der Waals surface area contributed by atoms with Crippen molar-refractivity contribution < 1.29 is 0 Å². The summed E-state index contributed by atoms with van der Waals surface area (Å²) in [6, 6.07) is 6.10. The van der Waals surface area contributed by atoms with Crippen molar-refractivity contribution in [1.82, 2.24) is 34.3 Å². The molecule has 7 aliphatic heterocycles. The lowest BCUT2D eigenvalue weighted by Gasteiger charge is -2.40. The molecule has 1 aliphatic carbocycles. The number of hydrogen-bond acceptors (Lipinski definition) is 7. The van der Waals surface area contributed by atoms with Crippen molar-refractivity contribution in [3.8, 4) is 0 Å². The first-order valence-corrected chi connectivity index (χ1v) is 33.3. The predicted molar refractivity (Wildman–Crippen MR) is 337 cm³/mol. The minimum absolute atomic E-state index is 0.603. The Bertz CT molecular complexity index is 1310. The Hall–Kier alpha value is -0.280. The first-order valence-electron chi connectivity index (χ1n) is 33.3. The zero-order valence-corrected chi connectivity index (χ0v) is 55.6. The van der Waals surface area contributed by atoms with Gasteiger partial charge in [0.15, 0.2) is 0 Å². The van der Waals surface area contributed by atoms with Gasteiger partial charge in [0, 0.05) is 48.3 Å². The van der Waals surface area contributed by atoms with E-state index in [1.54, 1.807) is 0 Å². The molecular formula is C68H141N7. The fourth-order valence-corrected chi connectivity index (χ4v) is 12.7. The Morgan fingerprint density at radius 3 is 1.01 bits per heavy atom. The summed E-state index contributed by atoms with van der Waals surface area (Å²) in [7, 11) is 0. The maximum atomic E-state index is 2.61. The van der Waals surface area contributed by atoms with Gasteiger partial charge in [0.1, 0.15) is 0 Å². The molecule has 7 heterocycles. The van der Waals surface area contributed by atoms with E-state index in [0.717, 1.165) is 71.5 Å². The van der Waals surface area contributed by atoms with Crippen LogP contribution in [0.5, 0.6) is 0 Å². The molecule has 8 aliphatic rings. The third kappa shape index (κ3) is 28.8. The number of nitrogens with zero attached hydrogens (tertiary/aromatic N) is 7. The molecule has 7 saturated heterocycles. The Morgan fingerprint density at radius 1 is 0.347 bits per heavy atom. The monoisotopic (exact) mass is 1060 g/mol. The summed E-state index contributed by atoms with van der Waals surface area (Å²) in [5.74, 6) is 2.84. The van der Waals surface area contributed by atoms with Crippen LogP contribution in [0.2, 0.25) is 0 Å². The molecule has 75 heavy (non-hydrogen) atoms. The molecule has 0 aromatic rings. The molecule has 1 unspecified atom stereocenters. The summed E-state index contributed by atoms with van der Waals surface area (Å²) < 4.78 is 0. The van der Waals surface area contributed by atoms with E-state index in [2.05, 4.69) is 187 Å². The van der Waals surface area contributed by atoms with Crippen LogP contribution in [-0.2, 0) is 0 Å². The van der Waals surface area contributed by atoms with Gasteiger partial charge in [-0.2, -0.15) is 0 Å². The van der Waals surface area contributed by atoms with Gasteiger partial charge in [0.05, 0.1) is 0 Å². The van der Waals surface area contributed by atoms with Gasteiger partial charge in [0.25, 0.3) is 0 Å². The molecule has 0 aromatic carbocycles. The molecule has 0 aromatic heterocycles. The fourth-order valence-electron chi connectivity index (χ4n) is 12.7. The lowest BCUT2D eigenvalue weighted by molar-refractivity contribution is 0.0923. The maximum absolute atomic E-state index is 2.61. The average Bonchev–Trinajstić information content (AvgIpc) is 4.13. The highest BCUT2D eigenvalue weighted by molar-refractivity contribution is 4.97.